The predicted octanol–water partition coefficient (Wildman–Crippen LogP) is 2.93. The molecule has 2 N–H and O–H groups in total. The minimum Gasteiger partial charge on any atom is -0.396 e. The minimum atomic E-state index is 0.158. The van der Waals surface area contributed by atoms with Crippen molar-refractivity contribution in [2.24, 2.45) is 0 Å². The van der Waals surface area contributed by atoms with E-state index in [-0.39, 0.29) is 6.61 Å². The normalized spacial score (nSPS) is 10.6. The summed E-state index contributed by atoms with van der Waals surface area (Å²) >= 11 is 3.02. The van der Waals surface area contributed by atoms with Crippen LogP contribution in [0.4, 0.5) is 10.8 Å². The number of anilines is 2. The molecule has 0 spiro atoms. The Bertz CT molecular complexity index is 502. The Balaban J connectivity index is 2.06. The number of thioether (sulfide) groups is 1. The third-order valence-electron chi connectivity index (χ3n) is 2.36. The number of nitrogens with zero attached hydrogens (tertiary/aromatic N) is 2. The molecule has 1 heterocycles. The summed E-state index contributed by atoms with van der Waals surface area (Å²) in [6, 6.07) is 8.18. The molecule has 6 heteroatoms. The summed E-state index contributed by atoms with van der Waals surface area (Å²) in [6.07, 6.45) is 0.980. The fraction of sp³-hybridized carbons (Fsp3) is 0.333. The molecule has 4 nitrogen and oxygen atoms in total. The Labute approximate surface area is 114 Å². The first kappa shape index (κ1) is 13.3. The summed E-state index contributed by atoms with van der Waals surface area (Å²) in [7, 11) is 0. The number of aliphatic hydroxyl groups excluding tert-OH is 1. The molecule has 18 heavy (non-hydrogen) atoms. The number of aryl methyl sites for hydroxylation is 1. The summed E-state index contributed by atoms with van der Waals surface area (Å²) in [4.78, 5) is 0. The summed E-state index contributed by atoms with van der Waals surface area (Å²) in [5, 5.41) is 21.0. The van der Waals surface area contributed by atoms with Gasteiger partial charge in [0.15, 0.2) is 4.34 Å². The van der Waals surface area contributed by atoms with Gasteiger partial charge in [-0.2, -0.15) is 0 Å². The van der Waals surface area contributed by atoms with Gasteiger partial charge in [-0.15, -0.1) is 10.2 Å². The van der Waals surface area contributed by atoms with Crippen LogP contribution in [0.3, 0.4) is 0 Å². The van der Waals surface area contributed by atoms with Gasteiger partial charge >= 0.3 is 0 Å². The lowest BCUT2D eigenvalue weighted by atomic mass is 10.1. The summed E-state index contributed by atoms with van der Waals surface area (Å²) < 4.78 is 0.875. The molecular formula is C12H15N3OS2. The van der Waals surface area contributed by atoms with E-state index in [1.165, 1.54) is 28.7 Å². The molecule has 2 aromatic rings. The molecule has 0 aliphatic rings. The fourth-order valence-electron chi connectivity index (χ4n) is 1.52. The standard InChI is InChI=1S/C12H15N3OS2/c1-2-9-5-3-4-6-10(9)13-11-14-15-12(18-11)17-8-7-16/h3-6,16H,2,7-8H2,1H3,(H,13,14). The summed E-state index contributed by atoms with van der Waals surface area (Å²) in [5.41, 5.74) is 2.34. The van der Waals surface area contributed by atoms with Crippen LogP contribution in [-0.4, -0.2) is 27.7 Å². The molecule has 1 aromatic heterocycles. The van der Waals surface area contributed by atoms with E-state index in [1.807, 2.05) is 18.2 Å². The van der Waals surface area contributed by atoms with E-state index in [2.05, 4.69) is 28.5 Å². The van der Waals surface area contributed by atoms with Crippen LogP contribution in [0.2, 0.25) is 0 Å². The first-order valence-electron chi connectivity index (χ1n) is 5.75. The van der Waals surface area contributed by atoms with Gasteiger partial charge in [-0.1, -0.05) is 48.2 Å². The minimum absolute atomic E-state index is 0.158. The highest BCUT2D eigenvalue weighted by Crippen LogP contribution is 2.28. The maximum atomic E-state index is 8.76. The van der Waals surface area contributed by atoms with Crippen molar-refractivity contribution in [1.29, 1.82) is 0 Å². The largest absolute Gasteiger partial charge is 0.396 e. The number of hydrogen-bond donors (Lipinski definition) is 2. The van der Waals surface area contributed by atoms with Gasteiger partial charge in [-0.05, 0) is 18.1 Å². The molecule has 0 aliphatic carbocycles. The van der Waals surface area contributed by atoms with Crippen LogP contribution in [-0.2, 0) is 6.42 Å². The van der Waals surface area contributed by atoms with Crippen LogP contribution in [0.5, 0.6) is 0 Å². The van der Waals surface area contributed by atoms with E-state index in [0.29, 0.717) is 5.75 Å². The van der Waals surface area contributed by atoms with Gasteiger partial charge in [-0.25, -0.2) is 0 Å². The number of rotatable bonds is 6. The Morgan fingerprint density at radius 3 is 2.94 bits per heavy atom. The third-order valence-corrected chi connectivity index (χ3v) is 4.32. The molecule has 0 radical (unpaired) electrons. The highest BCUT2D eigenvalue weighted by molar-refractivity contribution is 8.01. The third kappa shape index (κ3) is 3.44. The molecule has 0 bridgehead atoms. The maximum Gasteiger partial charge on any atom is 0.210 e. The number of benzene rings is 1. The number of nitrogens with one attached hydrogen (secondary N) is 1. The van der Waals surface area contributed by atoms with Gasteiger partial charge in [0.25, 0.3) is 0 Å². The van der Waals surface area contributed by atoms with Crippen molar-refractivity contribution < 1.29 is 5.11 Å². The van der Waals surface area contributed by atoms with Crippen molar-refractivity contribution in [2.75, 3.05) is 17.7 Å². The van der Waals surface area contributed by atoms with Gasteiger partial charge in [-0.3, -0.25) is 0 Å². The van der Waals surface area contributed by atoms with Gasteiger partial charge in [0.1, 0.15) is 0 Å². The van der Waals surface area contributed by atoms with Crippen LogP contribution in [0, 0.1) is 0 Å². The lowest BCUT2D eigenvalue weighted by Crippen LogP contribution is -1.94. The smallest absolute Gasteiger partial charge is 0.210 e. The second-order valence-electron chi connectivity index (χ2n) is 3.58. The SMILES string of the molecule is CCc1ccccc1Nc1nnc(SCCO)s1. The average Bonchev–Trinajstić information content (AvgIpc) is 2.84. The second-order valence-corrected chi connectivity index (χ2v) is 5.90. The molecule has 0 unspecified atom stereocenters. The first-order valence-corrected chi connectivity index (χ1v) is 7.55. The summed E-state index contributed by atoms with van der Waals surface area (Å²) in [6.45, 7) is 2.29. The first-order chi connectivity index (χ1) is 8.83. The Morgan fingerprint density at radius 1 is 1.33 bits per heavy atom. The van der Waals surface area contributed by atoms with Crippen molar-refractivity contribution in [3.63, 3.8) is 0 Å². The lowest BCUT2D eigenvalue weighted by molar-refractivity contribution is 0.322. The van der Waals surface area contributed by atoms with E-state index < -0.39 is 0 Å². The number of aliphatic hydroxyl groups is 1. The monoisotopic (exact) mass is 281 g/mol. The van der Waals surface area contributed by atoms with Crippen LogP contribution in [0.1, 0.15) is 12.5 Å². The second kappa shape index (κ2) is 6.72. The van der Waals surface area contributed by atoms with E-state index in [4.69, 9.17) is 5.11 Å². The molecule has 0 atom stereocenters. The molecule has 0 saturated carbocycles. The van der Waals surface area contributed by atoms with Gasteiger partial charge < -0.3 is 10.4 Å². The van der Waals surface area contributed by atoms with Crippen molar-refractivity contribution >= 4 is 33.9 Å². The van der Waals surface area contributed by atoms with E-state index in [1.54, 1.807) is 0 Å². The van der Waals surface area contributed by atoms with Crippen molar-refractivity contribution in [1.82, 2.24) is 10.2 Å². The van der Waals surface area contributed by atoms with Crippen LogP contribution < -0.4 is 5.32 Å². The Hall–Kier alpha value is -1.11. The topological polar surface area (TPSA) is 58.0 Å². The Morgan fingerprint density at radius 2 is 2.17 bits per heavy atom. The van der Waals surface area contributed by atoms with Gasteiger partial charge in [0, 0.05) is 11.4 Å². The molecule has 0 fully saturated rings. The number of aromatic nitrogens is 2. The Kier molecular flexibility index (Phi) is 4.98. The molecular weight excluding hydrogens is 266 g/mol. The molecule has 0 aliphatic heterocycles. The van der Waals surface area contributed by atoms with Gasteiger partial charge in [0.05, 0.1) is 6.61 Å². The van der Waals surface area contributed by atoms with Crippen LogP contribution >= 0.6 is 23.1 Å². The van der Waals surface area contributed by atoms with Crippen molar-refractivity contribution in [3.05, 3.63) is 29.8 Å². The van der Waals surface area contributed by atoms with E-state index in [9.17, 15) is 0 Å². The number of hydrogen-bond acceptors (Lipinski definition) is 6. The lowest BCUT2D eigenvalue weighted by Gasteiger charge is -2.06. The highest BCUT2D eigenvalue weighted by atomic mass is 32.2. The predicted molar refractivity (Wildman–Crippen MR) is 76.8 cm³/mol. The van der Waals surface area contributed by atoms with Crippen molar-refractivity contribution in [2.45, 2.75) is 17.7 Å². The van der Waals surface area contributed by atoms with Crippen LogP contribution in [0.15, 0.2) is 28.6 Å². The van der Waals surface area contributed by atoms with E-state index >= 15 is 0 Å². The highest BCUT2D eigenvalue weighted by Gasteiger charge is 2.06. The van der Waals surface area contributed by atoms with Gasteiger partial charge in [0.2, 0.25) is 5.13 Å². The quantitative estimate of drug-likeness (QED) is 0.797. The average molecular weight is 281 g/mol. The zero-order chi connectivity index (χ0) is 12.8. The summed E-state index contributed by atoms with van der Waals surface area (Å²) in [5.74, 6) is 0.653. The zero-order valence-electron chi connectivity index (χ0n) is 10.1. The fourth-order valence-corrected chi connectivity index (χ4v) is 3.09. The molecule has 1 aromatic carbocycles. The molecule has 96 valence electrons. The molecule has 2 rings (SSSR count). The van der Waals surface area contributed by atoms with E-state index in [0.717, 1.165) is 21.6 Å². The zero-order valence-corrected chi connectivity index (χ0v) is 11.7. The van der Waals surface area contributed by atoms with Crippen LogP contribution in [0.25, 0.3) is 0 Å². The van der Waals surface area contributed by atoms with Crippen molar-refractivity contribution in [3.8, 4) is 0 Å². The number of para-hydroxylation sites is 1. The molecule has 0 amide bonds. The molecule has 0 saturated heterocycles. The maximum absolute atomic E-state index is 8.76.